The topological polar surface area (TPSA) is 32.7 Å². The molecule has 0 spiro atoms. The van der Waals surface area contributed by atoms with E-state index in [0.29, 0.717) is 11.7 Å². The minimum absolute atomic E-state index is 0.552. The molecule has 102 valence electrons. The summed E-state index contributed by atoms with van der Waals surface area (Å²) in [5.74, 6) is 2.22. The van der Waals surface area contributed by atoms with Crippen molar-refractivity contribution < 1.29 is 9.84 Å². The Morgan fingerprint density at radius 2 is 2.16 bits per heavy atom. The lowest BCUT2D eigenvalue weighted by molar-refractivity contribution is 0.224. The van der Waals surface area contributed by atoms with Gasteiger partial charge in [-0.05, 0) is 48.1 Å². The van der Waals surface area contributed by atoms with Gasteiger partial charge in [-0.15, -0.1) is 0 Å². The number of hydrogen-bond donors (Lipinski definition) is 1. The highest BCUT2D eigenvalue weighted by molar-refractivity contribution is 5.39. The summed E-state index contributed by atoms with van der Waals surface area (Å²) >= 11 is 0. The highest BCUT2D eigenvalue weighted by Gasteiger charge is 2.24. The Balaban J connectivity index is 1.61. The van der Waals surface area contributed by atoms with Gasteiger partial charge < -0.3 is 9.84 Å². The predicted molar refractivity (Wildman–Crippen MR) is 75.7 cm³/mol. The maximum atomic E-state index is 9.41. The molecule has 0 bridgehead atoms. The van der Waals surface area contributed by atoms with Crippen LogP contribution in [0.2, 0.25) is 0 Å². The van der Waals surface area contributed by atoms with Crippen LogP contribution in [0.15, 0.2) is 30.0 Å². The monoisotopic (exact) mass is 259 g/mol. The minimum Gasteiger partial charge on any atom is -0.513 e. The maximum Gasteiger partial charge on any atom is 0.119 e. The lowest BCUT2D eigenvalue weighted by Crippen LogP contribution is -2.33. The molecular formula is C16H21NO2. The molecule has 1 aromatic carbocycles. The number of ether oxygens (including phenoxy) is 1. The van der Waals surface area contributed by atoms with Crippen molar-refractivity contribution in [1.29, 1.82) is 0 Å². The zero-order chi connectivity index (χ0) is 13.2. The van der Waals surface area contributed by atoms with E-state index in [1.54, 1.807) is 7.11 Å². The summed E-state index contributed by atoms with van der Waals surface area (Å²) in [5.41, 5.74) is 2.92. The van der Waals surface area contributed by atoms with Crippen LogP contribution < -0.4 is 4.74 Å². The van der Waals surface area contributed by atoms with Crippen LogP contribution in [-0.4, -0.2) is 36.8 Å². The van der Waals surface area contributed by atoms with E-state index in [1.807, 2.05) is 6.08 Å². The van der Waals surface area contributed by atoms with Crippen molar-refractivity contribution in [3.05, 3.63) is 41.2 Å². The Morgan fingerprint density at radius 1 is 1.32 bits per heavy atom. The third-order valence-corrected chi connectivity index (χ3v) is 4.22. The quantitative estimate of drug-likeness (QED) is 0.905. The van der Waals surface area contributed by atoms with E-state index in [2.05, 4.69) is 23.1 Å². The SMILES string of the molecule is COc1ccc2c(c1)CC(CN1CC=C(O)CC1)C2. The van der Waals surface area contributed by atoms with Crippen LogP contribution in [0.1, 0.15) is 17.5 Å². The van der Waals surface area contributed by atoms with E-state index < -0.39 is 0 Å². The summed E-state index contributed by atoms with van der Waals surface area (Å²) < 4.78 is 5.29. The van der Waals surface area contributed by atoms with Gasteiger partial charge in [-0.2, -0.15) is 0 Å². The van der Waals surface area contributed by atoms with Crippen molar-refractivity contribution in [1.82, 2.24) is 4.90 Å². The number of rotatable bonds is 3. The highest BCUT2D eigenvalue weighted by Crippen LogP contribution is 2.30. The zero-order valence-electron chi connectivity index (χ0n) is 11.4. The Bertz CT molecular complexity index is 496. The summed E-state index contributed by atoms with van der Waals surface area (Å²) in [6.45, 7) is 3.00. The van der Waals surface area contributed by atoms with E-state index in [4.69, 9.17) is 4.74 Å². The molecule has 0 radical (unpaired) electrons. The second-order valence-electron chi connectivity index (χ2n) is 5.61. The van der Waals surface area contributed by atoms with Crippen LogP contribution in [0.4, 0.5) is 0 Å². The molecule has 1 aliphatic carbocycles. The Morgan fingerprint density at radius 3 is 2.89 bits per heavy atom. The lowest BCUT2D eigenvalue weighted by Gasteiger charge is -2.27. The third-order valence-electron chi connectivity index (χ3n) is 4.22. The molecule has 19 heavy (non-hydrogen) atoms. The van der Waals surface area contributed by atoms with Crippen molar-refractivity contribution in [3.63, 3.8) is 0 Å². The fourth-order valence-corrected chi connectivity index (χ4v) is 3.17. The Kier molecular flexibility index (Phi) is 3.47. The molecule has 3 rings (SSSR count). The first-order chi connectivity index (χ1) is 9.24. The molecular weight excluding hydrogens is 238 g/mol. The number of nitrogens with zero attached hydrogens (tertiary/aromatic N) is 1. The molecule has 3 nitrogen and oxygen atoms in total. The van der Waals surface area contributed by atoms with Gasteiger partial charge in [-0.1, -0.05) is 6.07 Å². The van der Waals surface area contributed by atoms with Crippen LogP contribution in [0.5, 0.6) is 5.75 Å². The van der Waals surface area contributed by atoms with Crippen molar-refractivity contribution >= 4 is 0 Å². The molecule has 3 heteroatoms. The molecule has 2 aliphatic rings. The number of hydrogen-bond acceptors (Lipinski definition) is 3. The first-order valence-electron chi connectivity index (χ1n) is 7.01. The number of aliphatic hydroxyl groups excluding tert-OH is 1. The van der Waals surface area contributed by atoms with E-state index in [-0.39, 0.29) is 0 Å². The maximum absolute atomic E-state index is 9.41. The lowest BCUT2D eigenvalue weighted by atomic mass is 10.0. The first-order valence-corrected chi connectivity index (χ1v) is 7.01. The van der Waals surface area contributed by atoms with Gasteiger partial charge in [0, 0.05) is 26.1 Å². The second-order valence-corrected chi connectivity index (χ2v) is 5.61. The Labute approximate surface area is 114 Å². The molecule has 1 atom stereocenters. The molecule has 0 amide bonds. The van der Waals surface area contributed by atoms with Gasteiger partial charge in [0.15, 0.2) is 0 Å². The first kappa shape index (κ1) is 12.5. The van der Waals surface area contributed by atoms with E-state index >= 15 is 0 Å². The summed E-state index contributed by atoms with van der Waals surface area (Å²) in [5, 5.41) is 9.41. The van der Waals surface area contributed by atoms with E-state index in [9.17, 15) is 5.11 Å². The predicted octanol–water partition coefficient (Wildman–Crippen LogP) is 2.56. The molecule has 0 aromatic heterocycles. The van der Waals surface area contributed by atoms with Crippen LogP contribution in [0.3, 0.4) is 0 Å². The van der Waals surface area contributed by atoms with Gasteiger partial charge in [0.05, 0.1) is 12.9 Å². The molecule has 1 N–H and O–H groups in total. The van der Waals surface area contributed by atoms with Crippen molar-refractivity contribution in [3.8, 4) is 5.75 Å². The van der Waals surface area contributed by atoms with Crippen molar-refractivity contribution in [2.45, 2.75) is 19.3 Å². The molecule has 0 fully saturated rings. The molecule has 1 aromatic rings. The minimum atomic E-state index is 0.552. The smallest absolute Gasteiger partial charge is 0.119 e. The molecule has 0 saturated carbocycles. The highest BCUT2D eigenvalue weighted by atomic mass is 16.5. The molecule has 1 aliphatic heterocycles. The van der Waals surface area contributed by atoms with Gasteiger partial charge in [0.1, 0.15) is 5.75 Å². The van der Waals surface area contributed by atoms with Crippen LogP contribution in [-0.2, 0) is 12.8 Å². The average molecular weight is 259 g/mol. The van der Waals surface area contributed by atoms with Gasteiger partial charge in [-0.25, -0.2) is 0 Å². The van der Waals surface area contributed by atoms with Gasteiger partial charge >= 0.3 is 0 Å². The van der Waals surface area contributed by atoms with Gasteiger partial charge in [0.2, 0.25) is 0 Å². The number of fused-ring (bicyclic) bond motifs is 1. The normalized spacial score (nSPS) is 23.0. The van der Waals surface area contributed by atoms with Crippen molar-refractivity contribution in [2.75, 3.05) is 26.7 Å². The van der Waals surface area contributed by atoms with Crippen LogP contribution in [0.25, 0.3) is 0 Å². The zero-order valence-corrected chi connectivity index (χ0v) is 11.4. The third kappa shape index (κ3) is 2.76. The summed E-state index contributed by atoms with van der Waals surface area (Å²) in [6, 6.07) is 6.44. The average Bonchev–Trinajstić information content (AvgIpc) is 2.82. The largest absolute Gasteiger partial charge is 0.513 e. The summed E-state index contributed by atoms with van der Waals surface area (Å²) in [6.07, 6.45) is 5.06. The van der Waals surface area contributed by atoms with E-state index in [0.717, 1.165) is 38.2 Å². The number of aliphatic hydroxyl groups is 1. The fourth-order valence-electron chi connectivity index (χ4n) is 3.17. The Hall–Kier alpha value is -1.48. The molecule has 0 saturated heterocycles. The summed E-state index contributed by atoms with van der Waals surface area (Å²) in [4.78, 5) is 2.44. The number of methoxy groups -OCH3 is 1. The molecule has 1 heterocycles. The van der Waals surface area contributed by atoms with Gasteiger partial charge in [-0.3, -0.25) is 4.90 Å². The van der Waals surface area contributed by atoms with Crippen LogP contribution >= 0.6 is 0 Å². The fraction of sp³-hybridized carbons (Fsp3) is 0.500. The van der Waals surface area contributed by atoms with Crippen molar-refractivity contribution in [2.24, 2.45) is 5.92 Å². The molecule has 1 unspecified atom stereocenters. The van der Waals surface area contributed by atoms with Gasteiger partial charge in [0.25, 0.3) is 0 Å². The summed E-state index contributed by atoms with van der Waals surface area (Å²) in [7, 11) is 1.72. The van der Waals surface area contributed by atoms with Crippen LogP contribution in [0, 0.1) is 5.92 Å². The standard InChI is InChI=1S/C16H21NO2/c1-19-16-3-2-13-8-12(9-14(13)10-16)11-17-6-4-15(18)5-7-17/h2-4,10,12,18H,5-9,11H2,1H3. The van der Waals surface area contributed by atoms with E-state index in [1.165, 1.54) is 17.5 Å². The second kappa shape index (κ2) is 5.25. The number of benzene rings is 1.